The van der Waals surface area contributed by atoms with Crippen molar-refractivity contribution in [3.63, 3.8) is 0 Å². The van der Waals surface area contributed by atoms with Crippen LogP contribution in [0.3, 0.4) is 0 Å². The number of hydrogen-bond acceptors (Lipinski definition) is 5. The molecule has 2 aromatic carbocycles. The van der Waals surface area contributed by atoms with Crippen LogP contribution >= 0.6 is 0 Å². The average Bonchev–Trinajstić information content (AvgIpc) is 3.16. The highest BCUT2D eigenvalue weighted by atomic mass is 16.5. The van der Waals surface area contributed by atoms with Gasteiger partial charge in [-0.2, -0.15) is 5.26 Å². The zero-order valence-electron chi connectivity index (χ0n) is 18.3. The zero-order chi connectivity index (χ0) is 22.1. The van der Waals surface area contributed by atoms with Gasteiger partial charge < -0.3 is 15.4 Å². The third-order valence-corrected chi connectivity index (χ3v) is 5.57. The van der Waals surface area contributed by atoms with E-state index in [-0.39, 0.29) is 11.8 Å². The van der Waals surface area contributed by atoms with Gasteiger partial charge in [-0.05, 0) is 35.6 Å². The van der Waals surface area contributed by atoms with Gasteiger partial charge in [0.05, 0.1) is 17.2 Å². The van der Waals surface area contributed by atoms with Crippen molar-refractivity contribution in [3.05, 3.63) is 76.7 Å². The molecular weight excluding hydrogens is 386 g/mol. The van der Waals surface area contributed by atoms with Gasteiger partial charge in [-0.1, -0.05) is 50.2 Å². The van der Waals surface area contributed by atoms with Crippen LogP contribution in [-0.4, -0.2) is 24.3 Å². The van der Waals surface area contributed by atoms with Crippen LogP contribution in [0.2, 0.25) is 0 Å². The number of aromatic nitrogens is 2. The second kappa shape index (κ2) is 8.19. The molecule has 6 heteroatoms. The van der Waals surface area contributed by atoms with Crippen molar-refractivity contribution in [2.45, 2.75) is 26.2 Å². The van der Waals surface area contributed by atoms with Gasteiger partial charge in [-0.25, -0.2) is 0 Å². The summed E-state index contributed by atoms with van der Waals surface area (Å²) >= 11 is 0. The Labute approximate surface area is 183 Å². The van der Waals surface area contributed by atoms with Crippen LogP contribution in [0.4, 0.5) is 5.69 Å². The predicted octanol–water partition coefficient (Wildman–Crippen LogP) is 4.56. The molecule has 1 unspecified atom stereocenters. The lowest BCUT2D eigenvalue weighted by Gasteiger charge is -2.24. The van der Waals surface area contributed by atoms with Crippen LogP contribution in [-0.2, 0) is 6.42 Å². The molecule has 3 aromatic rings. The summed E-state index contributed by atoms with van der Waals surface area (Å²) in [5.74, 6) is 0.760. The molecule has 1 aromatic heterocycles. The number of ether oxygens (including phenoxy) is 1. The molecule has 0 aliphatic carbocycles. The lowest BCUT2D eigenvalue weighted by molar-refractivity contribution is 0.379. The fourth-order valence-corrected chi connectivity index (χ4v) is 4.04. The SMILES string of the molecule is CC(C)Cc1ccc(-c2[nH]nc3c2C(c2ccc(N(C)C)cc2)C(C#N)=C(N)O3)cc1. The van der Waals surface area contributed by atoms with Crippen LogP contribution < -0.4 is 15.4 Å². The first-order chi connectivity index (χ1) is 14.9. The van der Waals surface area contributed by atoms with Gasteiger partial charge >= 0.3 is 0 Å². The van der Waals surface area contributed by atoms with E-state index in [2.05, 4.69) is 54.4 Å². The molecule has 0 saturated carbocycles. The third-order valence-electron chi connectivity index (χ3n) is 5.57. The van der Waals surface area contributed by atoms with Crippen LogP contribution in [0.1, 0.15) is 36.5 Å². The molecule has 4 rings (SSSR count). The van der Waals surface area contributed by atoms with E-state index in [1.165, 1.54) is 5.56 Å². The summed E-state index contributed by atoms with van der Waals surface area (Å²) in [6.07, 6.45) is 1.03. The summed E-state index contributed by atoms with van der Waals surface area (Å²) in [4.78, 5) is 2.04. The minimum absolute atomic E-state index is 0.0991. The molecule has 158 valence electrons. The van der Waals surface area contributed by atoms with Gasteiger partial charge in [-0.15, -0.1) is 5.10 Å². The molecule has 0 spiro atoms. The number of hydrogen-bond donors (Lipinski definition) is 2. The number of nitrogens with one attached hydrogen (secondary N) is 1. The molecule has 0 amide bonds. The van der Waals surface area contributed by atoms with Crippen LogP contribution in [0.5, 0.6) is 5.88 Å². The second-order valence-electron chi connectivity index (χ2n) is 8.52. The van der Waals surface area contributed by atoms with Crippen LogP contribution in [0.25, 0.3) is 11.3 Å². The van der Waals surface area contributed by atoms with Crippen molar-refractivity contribution in [2.24, 2.45) is 11.7 Å². The fraction of sp³-hybridized carbons (Fsp3) is 0.280. The van der Waals surface area contributed by atoms with E-state index in [4.69, 9.17) is 10.5 Å². The maximum absolute atomic E-state index is 9.87. The first kappa shape index (κ1) is 20.5. The standard InChI is InChI=1S/C25H27N5O/c1-15(2)13-16-5-7-18(8-6-16)23-22-21(17-9-11-19(12-10-17)30(3)4)20(14-26)24(27)31-25(22)29-28-23/h5-12,15,21H,13,27H2,1-4H3,(H,28,29). The van der Waals surface area contributed by atoms with E-state index in [0.717, 1.165) is 34.5 Å². The molecule has 31 heavy (non-hydrogen) atoms. The Morgan fingerprint density at radius 1 is 1.13 bits per heavy atom. The Morgan fingerprint density at radius 2 is 1.81 bits per heavy atom. The number of nitrogens with zero attached hydrogens (tertiary/aromatic N) is 3. The summed E-state index contributed by atoms with van der Waals surface area (Å²) < 4.78 is 5.71. The largest absolute Gasteiger partial charge is 0.420 e. The zero-order valence-corrected chi connectivity index (χ0v) is 18.3. The summed E-state index contributed by atoms with van der Waals surface area (Å²) in [5, 5.41) is 17.4. The smallest absolute Gasteiger partial charge is 0.244 e. The maximum Gasteiger partial charge on any atom is 0.244 e. The first-order valence-corrected chi connectivity index (χ1v) is 10.4. The third kappa shape index (κ3) is 3.87. The molecule has 6 nitrogen and oxygen atoms in total. The van der Waals surface area contributed by atoms with Gasteiger partial charge in [-0.3, -0.25) is 5.10 Å². The van der Waals surface area contributed by atoms with Crippen LogP contribution in [0.15, 0.2) is 60.0 Å². The Hall–Kier alpha value is -3.72. The molecule has 0 radical (unpaired) electrons. The van der Waals surface area contributed by atoms with Crippen molar-refractivity contribution in [3.8, 4) is 23.2 Å². The molecule has 2 heterocycles. The number of benzene rings is 2. The Morgan fingerprint density at radius 3 is 2.39 bits per heavy atom. The number of anilines is 1. The summed E-state index contributed by atoms with van der Waals surface area (Å²) in [6.45, 7) is 4.42. The van der Waals surface area contributed by atoms with Crippen molar-refractivity contribution in [1.29, 1.82) is 5.26 Å². The van der Waals surface area contributed by atoms with Gasteiger partial charge in [0.1, 0.15) is 11.6 Å². The summed E-state index contributed by atoms with van der Waals surface area (Å²) in [6, 6.07) is 18.9. The minimum Gasteiger partial charge on any atom is -0.420 e. The quantitative estimate of drug-likeness (QED) is 0.640. The molecule has 0 bridgehead atoms. The number of allylic oxidation sites excluding steroid dienone is 1. The maximum atomic E-state index is 9.87. The van der Waals surface area contributed by atoms with E-state index in [0.29, 0.717) is 17.4 Å². The lowest BCUT2D eigenvalue weighted by atomic mass is 9.83. The van der Waals surface area contributed by atoms with Gasteiger partial charge in [0.25, 0.3) is 0 Å². The van der Waals surface area contributed by atoms with Crippen molar-refractivity contribution in [1.82, 2.24) is 10.2 Å². The second-order valence-corrected chi connectivity index (χ2v) is 8.52. The van der Waals surface area contributed by atoms with E-state index in [1.54, 1.807) is 0 Å². The molecule has 1 aliphatic heterocycles. The summed E-state index contributed by atoms with van der Waals surface area (Å²) in [7, 11) is 3.99. The first-order valence-electron chi connectivity index (χ1n) is 10.4. The normalized spacial score (nSPS) is 15.4. The average molecular weight is 414 g/mol. The van der Waals surface area contributed by atoms with Crippen molar-refractivity contribution in [2.75, 3.05) is 19.0 Å². The molecule has 3 N–H and O–H groups in total. The molecule has 0 fully saturated rings. The number of H-pyrrole nitrogens is 1. The fourth-order valence-electron chi connectivity index (χ4n) is 4.04. The number of rotatable bonds is 5. The molecule has 1 atom stereocenters. The van der Waals surface area contributed by atoms with Gasteiger partial charge in [0, 0.05) is 25.3 Å². The topological polar surface area (TPSA) is 91.0 Å². The number of fused-ring (bicyclic) bond motifs is 1. The Kier molecular flexibility index (Phi) is 5.43. The monoisotopic (exact) mass is 413 g/mol. The Bertz CT molecular complexity index is 1150. The molecular formula is C25H27N5O. The van der Waals surface area contributed by atoms with E-state index in [9.17, 15) is 5.26 Å². The van der Waals surface area contributed by atoms with E-state index >= 15 is 0 Å². The van der Waals surface area contributed by atoms with Crippen molar-refractivity contribution < 1.29 is 4.74 Å². The Balaban J connectivity index is 1.81. The number of aromatic amines is 1. The van der Waals surface area contributed by atoms with Gasteiger partial charge in [0.2, 0.25) is 11.8 Å². The van der Waals surface area contributed by atoms with E-state index in [1.807, 2.05) is 43.3 Å². The van der Waals surface area contributed by atoms with Gasteiger partial charge in [0.15, 0.2) is 0 Å². The minimum atomic E-state index is -0.353. The highest BCUT2D eigenvalue weighted by Gasteiger charge is 2.35. The molecule has 1 aliphatic rings. The van der Waals surface area contributed by atoms with E-state index < -0.39 is 0 Å². The number of nitrogens with two attached hydrogens (primary N) is 1. The number of nitriles is 1. The van der Waals surface area contributed by atoms with Crippen LogP contribution in [0, 0.1) is 17.2 Å². The highest BCUT2D eigenvalue weighted by Crippen LogP contribution is 2.45. The molecule has 0 saturated heterocycles. The highest BCUT2D eigenvalue weighted by molar-refractivity contribution is 5.71. The van der Waals surface area contributed by atoms with Crippen molar-refractivity contribution >= 4 is 5.69 Å². The predicted molar refractivity (Wildman–Crippen MR) is 123 cm³/mol. The lowest BCUT2D eigenvalue weighted by Crippen LogP contribution is -2.21. The summed E-state index contributed by atoms with van der Waals surface area (Å²) in [5.41, 5.74) is 12.5.